The summed E-state index contributed by atoms with van der Waals surface area (Å²) in [5, 5.41) is 9.06. The van der Waals surface area contributed by atoms with E-state index in [9.17, 15) is 0 Å². The van der Waals surface area contributed by atoms with Gasteiger partial charge in [0.2, 0.25) is 0 Å². The van der Waals surface area contributed by atoms with Crippen LogP contribution < -0.4 is 9.80 Å². The number of hydrogen-bond donors (Lipinski definition) is 0. The highest BCUT2D eigenvalue weighted by Crippen LogP contribution is 2.46. The van der Waals surface area contributed by atoms with Crippen molar-refractivity contribution in [2.45, 2.75) is 75.2 Å². The molecule has 0 saturated carbocycles. The minimum atomic E-state index is 0.165. The summed E-state index contributed by atoms with van der Waals surface area (Å²) in [4.78, 5) is 4.74. The van der Waals surface area contributed by atoms with Crippen molar-refractivity contribution in [1.29, 1.82) is 0 Å². The third-order valence-electron chi connectivity index (χ3n) is 13.9. The van der Waals surface area contributed by atoms with E-state index < -0.39 is 0 Å². The number of nitrogens with zero attached hydrogens (tertiary/aromatic N) is 2. The lowest BCUT2D eigenvalue weighted by Gasteiger charge is -2.27. The van der Waals surface area contributed by atoms with Crippen LogP contribution >= 0.6 is 0 Å². The van der Waals surface area contributed by atoms with Gasteiger partial charge in [-0.15, -0.1) is 0 Å². The van der Waals surface area contributed by atoms with Gasteiger partial charge in [0.05, 0.1) is 0 Å². The van der Waals surface area contributed by atoms with Gasteiger partial charge in [-0.2, -0.15) is 0 Å². The second-order valence-electron chi connectivity index (χ2n) is 19.0. The second-order valence-corrected chi connectivity index (χ2v) is 19.0. The van der Waals surface area contributed by atoms with Crippen molar-refractivity contribution in [3.8, 4) is 0 Å². The van der Waals surface area contributed by atoms with Crippen LogP contribution in [-0.4, -0.2) is 0 Å². The average molecular weight is 847 g/mol. The van der Waals surface area contributed by atoms with E-state index >= 15 is 0 Å². The van der Waals surface area contributed by atoms with Gasteiger partial charge in [-0.25, -0.2) is 0 Å². The fraction of sp³-hybridized carbons (Fsp3) is 0.180. The van der Waals surface area contributed by atoms with Gasteiger partial charge in [0.1, 0.15) is 22.3 Å². The maximum atomic E-state index is 6.94. The number of aryl methyl sites for hydroxylation is 8. The highest BCUT2D eigenvalue weighted by Gasteiger charge is 2.24. The molecule has 0 atom stereocenters. The molecular formula is C61H54N2O2. The lowest BCUT2D eigenvalue weighted by atomic mass is 9.95. The van der Waals surface area contributed by atoms with Crippen molar-refractivity contribution >= 4 is 99.5 Å². The Labute approximate surface area is 381 Å². The highest BCUT2D eigenvalue weighted by molar-refractivity contribution is 6.20. The smallest absolute Gasteiger partial charge is 0.142 e. The van der Waals surface area contributed by atoms with E-state index in [0.717, 1.165) is 94.3 Å². The van der Waals surface area contributed by atoms with Gasteiger partial charge in [0.25, 0.3) is 0 Å². The van der Waals surface area contributed by atoms with Gasteiger partial charge < -0.3 is 18.6 Å². The zero-order valence-corrected chi connectivity index (χ0v) is 39.1. The Morgan fingerprint density at radius 3 is 1.11 bits per heavy atom. The predicted molar refractivity (Wildman–Crippen MR) is 277 cm³/mol. The molecule has 65 heavy (non-hydrogen) atoms. The first-order chi connectivity index (χ1) is 31.3. The van der Waals surface area contributed by atoms with Crippen LogP contribution in [0.2, 0.25) is 0 Å². The molecule has 4 nitrogen and oxygen atoms in total. The van der Waals surface area contributed by atoms with Crippen molar-refractivity contribution in [1.82, 2.24) is 0 Å². The molecule has 11 rings (SSSR count). The van der Waals surface area contributed by atoms with Crippen LogP contribution in [0.25, 0.3) is 65.4 Å². The largest absolute Gasteiger partial charge is 0.456 e. The molecule has 0 unspecified atom stereocenters. The molecule has 0 saturated heterocycles. The van der Waals surface area contributed by atoms with Crippen molar-refractivity contribution in [2.24, 2.45) is 0 Å². The molecule has 9 aromatic carbocycles. The molecule has 0 bridgehead atoms. The summed E-state index contributed by atoms with van der Waals surface area (Å²) in [6.45, 7) is 21.9. The van der Waals surface area contributed by atoms with Gasteiger partial charge in [0, 0.05) is 61.2 Å². The number of fused-ring (bicyclic) bond motifs is 8. The topological polar surface area (TPSA) is 32.8 Å². The Hall–Kier alpha value is -7.30. The fourth-order valence-corrected chi connectivity index (χ4v) is 10.00. The monoisotopic (exact) mass is 846 g/mol. The number of furan rings is 2. The normalized spacial score (nSPS) is 12.0. The molecule has 11 aromatic rings. The Kier molecular flexibility index (Phi) is 9.44. The molecule has 2 aromatic heterocycles. The third-order valence-corrected chi connectivity index (χ3v) is 13.9. The third kappa shape index (κ3) is 6.82. The van der Waals surface area contributed by atoms with E-state index in [4.69, 9.17) is 8.83 Å². The molecule has 4 heteroatoms. The SMILES string of the molecule is Cc1cc(C)cc(N(c2ccc(C)c(C)c2)c2ccc3cc4c(cc3c2)oc2c(C(C)C)c3oc5cc6cc(N(c7ccc(C)c(C)c7)c7ccc(C)c(C)c7)ccc6cc5c3cc24)c1. The summed E-state index contributed by atoms with van der Waals surface area (Å²) in [6, 6.07) is 52.0. The molecule has 0 aliphatic carbocycles. The van der Waals surface area contributed by atoms with Crippen molar-refractivity contribution in [3.05, 3.63) is 190 Å². The first kappa shape index (κ1) is 40.5. The quantitative estimate of drug-likeness (QED) is 0.160. The summed E-state index contributed by atoms with van der Waals surface area (Å²) in [5.41, 5.74) is 21.6. The van der Waals surface area contributed by atoms with Gasteiger partial charge in [-0.1, -0.05) is 50.2 Å². The number of benzene rings is 9. The molecule has 320 valence electrons. The molecule has 0 aliphatic heterocycles. The van der Waals surface area contributed by atoms with Crippen LogP contribution in [-0.2, 0) is 0 Å². The number of rotatable bonds is 7. The molecule has 0 amide bonds. The lowest BCUT2D eigenvalue weighted by molar-refractivity contribution is 0.638. The van der Waals surface area contributed by atoms with Crippen LogP contribution in [0, 0.1) is 55.4 Å². The van der Waals surface area contributed by atoms with Crippen LogP contribution in [0.3, 0.4) is 0 Å². The lowest BCUT2D eigenvalue weighted by Crippen LogP contribution is -2.11. The molecule has 0 aliphatic rings. The molecule has 0 fully saturated rings. The van der Waals surface area contributed by atoms with E-state index in [1.54, 1.807) is 0 Å². The highest BCUT2D eigenvalue weighted by atomic mass is 16.3. The Morgan fingerprint density at radius 2 is 0.708 bits per heavy atom. The fourth-order valence-electron chi connectivity index (χ4n) is 10.00. The summed E-state index contributed by atoms with van der Waals surface area (Å²) >= 11 is 0. The van der Waals surface area contributed by atoms with E-state index in [1.165, 1.54) is 55.3 Å². The van der Waals surface area contributed by atoms with Gasteiger partial charge in [0.15, 0.2) is 0 Å². The first-order valence-electron chi connectivity index (χ1n) is 22.9. The molecule has 0 radical (unpaired) electrons. The molecule has 2 heterocycles. The maximum absolute atomic E-state index is 6.94. The minimum Gasteiger partial charge on any atom is -0.456 e. The van der Waals surface area contributed by atoms with Crippen LogP contribution in [0.15, 0.2) is 148 Å². The summed E-state index contributed by atoms with van der Waals surface area (Å²) in [6.07, 6.45) is 0. The van der Waals surface area contributed by atoms with Crippen LogP contribution in [0.5, 0.6) is 0 Å². The van der Waals surface area contributed by atoms with Crippen LogP contribution in [0.1, 0.15) is 69.8 Å². The summed E-state index contributed by atoms with van der Waals surface area (Å²) in [5.74, 6) is 0.165. The van der Waals surface area contributed by atoms with E-state index in [2.05, 4.69) is 219 Å². The minimum absolute atomic E-state index is 0.165. The zero-order valence-electron chi connectivity index (χ0n) is 39.1. The first-order valence-corrected chi connectivity index (χ1v) is 22.9. The second kappa shape index (κ2) is 15.2. The molecule has 0 spiro atoms. The van der Waals surface area contributed by atoms with Crippen molar-refractivity contribution in [3.63, 3.8) is 0 Å². The van der Waals surface area contributed by atoms with E-state index in [-0.39, 0.29) is 5.92 Å². The van der Waals surface area contributed by atoms with Gasteiger partial charge in [-0.3, -0.25) is 0 Å². The summed E-state index contributed by atoms with van der Waals surface area (Å²) in [7, 11) is 0. The van der Waals surface area contributed by atoms with Crippen LogP contribution in [0.4, 0.5) is 34.1 Å². The molecular weight excluding hydrogens is 793 g/mol. The van der Waals surface area contributed by atoms with Gasteiger partial charge in [-0.05, 0) is 230 Å². The van der Waals surface area contributed by atoms with Crippen molar-refractivity contribution in [2.75, 3.05) is 9.80 Å². The van der Waals surface area contributed by atoms with E-state index in [0.29, 0.717) is 0 Å². The molecule has 0 N–H and O–H groups in total. The summed E-state index contributed by atoms with van der Waals surface area (Å²) < 4.78 is 13.9. The Bertz CT molecular complexity index is 3680. The number of anilines is 6. The Morgan fingerprint density at radius 1 is 0.323 bits per heavy atom. The predicted octanol–water partition coefficient (Wildman–Crippen LogP) is 18.3. The standard InChI is InChI=1S/C61H54N2O2/c1-34(2)59-60-55(53-29-43-14-19-50(27-45(43)31-57(53)64-60)62(47-16-11-37(5)40(8)24-47)48-17-12-38(6)41(9)25-48)33-56-54-30-44-15-20-51(28-46(44)32-58(54)65-61(56)59)63(49-18-13-39(7)42(10)26-49)52-22-35(3)21-36(4)23-52/h11-34H,1-10H3. The van der Waals surface area contributed by atoms with Crippen molar-refractivity contribution < 1.29 is 8.83 Å². The Balaban J connectivity index is 1.05. The van der Waals surface area contributed by atoms with Gasteiger partial charge >= 0.3 is 0 Å². The van der Waals surface area contributed by atoms with E-state index in [1.807, 2.05) is 0 Å². The zero-order chi connectivity index (χ0) is 45.0. The number of hydrogen-bond acceptors (Lipinski definition) is 4. The average Bonchev–Trinajstić information content (AvgIpc) is 3.80. The maximum Gasteiger partial charge on any atom is 0.142 e.